The molecule has 1 unspecified atom stereocenters. The third-order valence-electron chi connectivity index (χ3n) is 2.74. The van der Waals surface area contributed by atoms with Gasteiger partial charge < -0.3 is 19.6 Å². The van der Waals surface area contributed by atoms with Gasteiger partial charge in [0.05, 0.1) is 6.54 Å². The van der Waals surface area contributed by atoms with E-state index in [0.29, 0.717) is 18.3 Å². The van der Waals surface area contributed by atoms with Crippen molar-refractivity contribution in [1.29, 1.82) is 0 Å². The summed E-state index contributed by atoms with van der Waals surface area (Å²) < 4.78 is 10.4. The van der Waals surface area contributed by atoms with Gasteiger partial charge in [-0.3, -0.25) is 4.79 Å². The monoisotopic (exact) mass is 283 g/mol. The molecule has 0 aromatic carbocycles. The molecule has 1 amide bonds. The molecule has 1 rings (SSSR count). The Hall–Kier alpha value is -1.82. The van der Waals surface area contributed by atoms with Gasteiger partial charge in [0.25, 0.3) is 0 Å². The van der Waals surface area contributed by atoms with Crippen LogP contribution in [0.3, 0.4) is 0 Å². The first-order valence-corrected chi connectivity index (χ1v) is 6.61. The minimum Gasteiger partial charge on any atom is -0.475 e. The molecule has 0 saturated heterocycles. The van der Waals surface area contributed by atoms with Crippen molar-refractivity contribution in [3.05, 3.63) is 23.7 Å². The summed E-state index contributed by atoms with van der Waals surface area (Å²) in [5.41, 5.74) is 0. The molecule has 0 aliphatic rings. The largest absolute Gasteiger partial charge is 0.475 e. The van der Waals surface area contributed by atoms with Crippen molar-refractivity contribution in [2.75, 3.05) is 6.61 Å². The van der Waals surface area contributed by atoms with Crippen molar-refractivity contribution in [3.63, 3.8) is 0 Å². The second kappa shape index (κ2) is 7.69. The van der Waals surface area contributed by atoms with Crippen LogP contribution in [0.5, 0.6) is 0 Å². The number of nitrogens with one attached hydrogen (secondary N) is 1. The Kier molecular flexibility index (Phi) is 6.24. The van der Waals surface area contributed by atoms with Crippen LogP contribution in [0.15, 0.2) is 16.5 Å². The number of carboxylic acid groups (broad SMARTS) is 1. The quantitative estimate of drug-likeness (QED) is 0.762. The van der Waals surface area contributed by atoms with E-state index in [1.165, 1.54) is 12.1 Å². The summed E-state index contributed by atoms with van der Waals surface area (Å²) in [6.45, 7) is 6.54. The maximum Gasteiger partial charge on any atom is 0.371 e. The van der Waals surface area contributed by atoms with Gasteiger partial charge in [0.1, 0.15) is 11.9 Å². The lowest BCUT2D eigenvalue weighted by atomic mass is 10.1. The maximum atomic E-state index is 11.7. The smallest absolute Gasteiger partial charge is 0.371 e. The van der Waals surface area contributed by atoms with Gasteiger partial charge in [0.15, 0.2) is 0 Å². The van der Waals surface area contributed by atoms with Crippen LogP contribution in [0.2, 0.25) is 0 Å². The van der Waals surface area contributed by atoms with E-state index in [9.17, 15) is 9.59 Å². The Morgan fingerprint density at radius 2 is 2.05 bits per heavy atom. The molecule has 1 aromatic heterocycles. The Morgan fingerprint density at radius 1 is 1.35 bits per heavy atom. The summed E-state index contributed by atoms with van der Waals surface area (Å²) in [5.74, 6) is -0.599. The van der Waals surface area contributed by atoms with Gasteiger partial charge in [-0.1, -0.05) is 13.8 Å². The molecule has 6 nitrogen and oxygen atoms in total. The van der Waals surface area contributed by atoms with Crippen LogP contribution in [0.25, 0.3) is 0 Å². The first-order valence-electron chi connectivity index (χ1n) is 6.61. The number of ether oxygens (including phenoxy) is 1. The van der Waals surface area contributed by atoms with E-state index >= 15 is 0 Å². The molecule has 0 fully saturated rings. The molecule has 1 heterocycles. The summed E-state index contributed by atoms with van der Waals surface area (Å²) >= 11 is 0. The van der Waals surface area contributed by atoms with Gasteiger partial charge in [0, 0.05) is 6.61 Å². The predicted molar refractivity (Wildman–Crippen MR) is 72.4 cm³/mol. The van der Waals surface area contributed by atoms with Gasteiger partial charge in [-0.2, -0.15) is 0 Å². The van der Waals surface area contributed by atoms with E-state index in [0.717, 1.165) is 6.42 Å². The number of aromatic carboxylic acids is 1. The molecule has 1 aromatic rings. The zero-order valence-electron chi connectivity index (χ0n) is 12.0. The lowest BCUT2D eigenvalue weighted by Gasteiger charge is -2.13. The predicted octanol–water partition coefficient (Wildman–Crippen LogP) is 2.05. The second-order valence-corrected chi connectivity index (χ2v) is 4.98. The number of carboxylic acids is 1. The van der Waals surface area contributed by atoms with Gasteiger partial charge in [-0.05, 0) is 31.4 Å². The molecule has 0 saturated carbocycles. The van der Waals surface area contributed by atoms with E-state index in [-0.39, 0.29) is 18.2 Å². The van der Waals surface area contributed by atoms with Crippen LogP contribution in [0.4, 0.5) is 0 Å². The van der Waals surface area contributed by atoms with Crippen LogP contribution in [0, 0.1) is 5.92 Å². The van der Waals surface area contributed by atoms with E-state index in [1.807, 2.05) is 0 Å². The van der Waals surface area contributed by atoms with Crippen LogP contribution in [-0.4, -0.2) is 29.7 Å². The standard InChI is InChI=1S/C14H21NO5/c1-9(2)6-7-19-10(3)13(16)15-8-11-4-5-12(20-11)14(17)18/h4-5,9-10H,6-8H2,1-3H3,(H,15,16)(H,17,18). The number of hydrogen-bond donors (Lipinski definition) is 2. The van der Waals surface area contributed by atoms with Crippen molar-refractivity contribution in [3.8, 4) is 0 Å². The fraction of sp³-hybridized carbons (Fsp3) is 0.571. The molecule has 2 N–H and O–H groups in total. The lowest BCUT2D eigenvalue weighted by Crippen LogP contribution is -2.34. The van der Waals surface area contributed by atoms with Crippen molar-refractivity contribution in [1.82, 2.24) is 5.32 Å². The first kappa shape index (κ1) is 16.2. The topological polar surface area (TPSA) is 88.8 Å². The summed E-state index contributed by atoms with van der Waals surface area (Å²) in [5, 5.41) is 11.3. The number of hydrogen-bond acceptors (Lipinski definition) is 4. The third kappa shape index (κ3) is 5.44. The molecular formula is C14H21NO5. The molecule has 112 valence electrons. The fourth-order valence-electron chi connectivity index (χ4n) is 1.46. The van der Waals surface area contributed by atoms with E-state index in [4.69, 9.17) is 14.3 Å². The molecule has 0 aliphatic heterocycles. The minimum atomic E-state index is -1.13. The molecule has 0 spiro atoms. The van der Waals surface area contributed by atoms with Crippen molar-refractivity contribution >= 4 is 11.9 Å². The van der Waals surface area contributed by atoms with Crippen LogP contribution < -0.4 is 5.32 Å². The van der Waals surface area contributed by atoms with Gasteiger partial charge in [0.2, 0.25) is 11.7 Å². The van der Waals surface area contributed by atoms with E-state index in [2.05, 4.69) is 19.2 Å². The zero-order valence-corrected chi connectivity index (χ0v) is 12.0. The molecule has 0 aliphatic carbocycles. The second-order valence-electron chi connectivity index (χ2n) is 4.98. The Bertz CT molecular complexity index is 452. The minimum absolute atomic E-state index is 0.143. The van der Waals surface area contributed by atoms with E-state index < -0.39 is 12.1 Å². The van der Waals surface area contributed by atoms with Crippen molar-refractivity contribution < 1.29 is 23.8 Å². The van der Waals surface area contributed by atoms with Crippen LogP contribution in [-0.2, 0) is 16.1 Å². The lowest BCUT2D eigenvalue weighted by molar-refractivity contribution is -0.132. The Labute approximate surface area is 118 Å². The van der Waals surface area contributed by atoms with E-state index in [1.54, 1.807) is 6.92 Å². The third-order valence-corrected chi connectivity index (χ3v) is 2.74. The number of rotatable bonds is 8. The summed E-state index contributed by atoms with van der Waals surface area (Å²) in [7, 11) is 0. The molecule has 0 radical (unpaired) electrons. The summed E-state index contributed by atoms with van der Waals surface area (Å²) in [6, 6.07) is 2.88. The van der Waals surface area contributed by atoms with Crippen LogP contribution in [0.1, 0.15) is 43.5 Å². The molecule has 6 heteroatoms. The molecule has 1 atom stereocenters. The molecular weight excluding hydrogens is 262 g/mol. The Balaban J connectivity index is 2.32. The number of carbonyl (C=O) groups excluding carboxylic acids is 1. The highest BCUT2D eigenvalue weighted by Crippen LogP contribution is 2.07. The maximum absolute atomic E-state index is 11.7. The number of furan rings is 1. The van der Waals surface area contributed by atoms with Crippen molar-refractivity contribution in [2.24, 2.45) is 5.92 Å². The number of amides is 1. The van der Waals surface area contributed by atoms with Gasteiger partial charge in [-0.25, -0.2) is 4.79 Å². The highest BCUT2D eigenvalue weighted by molar-refractivity contribution is 5.84. The SMILES string of the molecule is CC(C)CCOC(C)C(=O)NCc1ccc(C(=O)O)o1. The normalized spacial score (nSPS) is 12.4. The highest BCUT2D eigenvalue weighted by Gasteiger charge is 2.14. The van der Waals surface area contributed by atoms with Crippen LogP contribution >= 0.6 is 0 Å². The Morgan fingerprint density at radius 3 is 2.60 bits per heavy atom. The molecule has 0 bridgehead atoms. The summed E-state index contributed by atoms with van der Waals surface area (Å²) in [4.78, 5) is 22.4. The average Bonchev–Trinajstić information content (AvgIpc) is 2.84. The summed E-state index contributed by atoms with van der Waals surface area (Å²) in [6.07, 6.45) is 0.361. The van der Waals surface area contributed by atoms with Crippen molar-refractivity contribution in [2.45, 2.75) is 39.8 Å². The number of carbonyl (C=O) groups is 2. The highest BCUT2D eigenvalue weighted by atomic mass is 16.5. The molecule has 20 heavy (non-hydrogen) atoms. The first-order chi connectivity index (χ1) is 9.40. The van der Waals surface area contributed by atoms with Gasteiger partial charge >= 0.3 is 5.97 Å². The zero-order chi connectivity index (χ0) is 15.1. The average molecular weight is 283 g/mol. The van der Waals surface area contributed by atoms with Gasteiger partial charge in [-0.15, -0.1) is 0 Å². The fourth-order valence-corrected chi connectivity index (χ4v) is 1.46.